The van der Waals surface area contributed by atoms with Crippen LogP contribution in [0.5, 0.6) is 0 Å². The predicted octanol–water partition coefficient (Wildman–Crippen LogP) is 5.90. The number of anilines is 1. The van der Waals surface area contributed by atoms with Crippen LogP contribution in [0.2, 0.25) is 0 Å². The molecule has 1 aliphatic heterocycles. The van der Waals surface area contributed by atoms with Crippen LogP contribution < -0.4 is 15.5 Å². The van der Waals surface area contributed by atoms with Gasteiger partial charge in [-0.1, -0.05) is 106 Å². The fourth-order valence-electron chi connectivity index (χ4n) is 5.91. The van der Waals surface area contributed by atoms with Crippen molar-refractivity contribution in [2.75, 3.05) is 4.90 Å². The first kappa shape index (κ1) is 30.2. The molecule has 1 heterocycles. The molecule has 2 atom stereocenters. The second-order valence-electron chi connectivity index (χ2n) is 12.8. The number of fused-ring (bicyclic) bond motifs is 1. The van der Waals surface area contributed by atoms with Crippen LogP contribution >= 0.6 is 0 Å². The molecule has 5 rings (SSSR count). The fraction of sp³-hybridized carbons (Fsp3) is 0.389. The van der Waals surface area contributed by atoms with E-state index in [9.17, 15) is 14.4 Å². The third-order valence-corrected chi connectivity index (χ3v) is 8.41. The van der Waals surface area contributed by atoms with Crippen LogP contribution in [0.25, 0.3) is 0 Å². The summed E-state index contributed by atoms with van der Waals surface area (Å²) in [6, 6.07) is 24.9. The molecule has 0 aromatic heterocycles. The average molecular weight is 579 g/mol. The summed E-state index contributed by atoms with van der Waals surface area (Å²) in [5, 5.41) is 5.69. The largest absolute Gasteiger partial charge is 0.345 e. The number of nitrogens with one attached hydrogen (secondary N) is 2. The van der Waals surface area contributed by atoms with Crippen molar-refractivity contribution < 1.29 is 14.4 Å². The molecule has 1 fully saturated rings. The quantitative estimate of drug-likeness (QED) is 0.349. The minimum Gasteiger partial charge on any atom is -0.345 e. The van der Waals surface area contributed by atoms with Crippen molar-refractivity contribution in [3.05, 3.63) is 101 Å². The number of nitrogens with zero attached hydrogens (tertiary/aromatic N) is 2. The Labute approximate surface area is 254 Å². The van der Waals surface area contributed by atoms with E-state index in [0.29, 0.717) is 24.6 Å². The van der Waals surface area contributed by atoms with Crippen molar-refractivity contribution in [1.29, 1.82) is 0 Å². The first-order valence-electron chi connectivity index (χ1n) is 15.3. The van der Waals surface area contributed by atoms with Gasteiger partial charge in [-0.2, -0.15) is 0 Å². The number of benzodiazepines with no additional fused rings is 1. The van der Waals surface area contributed by atoms with Gasteiger partial charge < -0.3 is 15.5 Å². The monoisotopic (exact) mass is 578 g/mol. The third-order valence-electron chi connectivity index (χ3n) is 8.41. The molecule has 7 heteroatoms. The van der Waals surface area contributed by atoms with Gasteiger partial charge in [0.1, 0.15) is 6.04 Å². The van der Waals surface area contributed by atoms with E-state index in [1.54, 1.807) is 11.8 Å². The zero-order chi connectivity index (χ0) is 30.6. The summed E-state index contributed by atoms with van der Waals surface area (Å²) in [5.41, 5.74) is 5.20. The fourth-order valence-corrected chi connectivity index (χ4v) is 5.91. The van der Waals surface area contributed by atoms with Gasteiger partial charge in [0.15, 0.2) is 0 Å². The molecule has 2 aliphatic rings. The van der Waals surface area contributed by atoms with Crippen LogP contribution in [0.1, 0.15) is 82.1 Å². The molecule has 0 saturated heterocycles. The summed E-state index contributed by atoms with van der Waals surface area (Å²) >= 11 is 0. The van der Waals surface area contributed by atoms with Crippen molar-refractivity contribution in [3.8, 4) is 0 Å². The van der Waals surface area contributed by atoms with E-state index in [1.165, 1.54) is 5.56 Å². The Hall–Kier alpha value is -4.26. The Morgan fingerprint density at radius 3 is 2.26 bits per heavy atom. The number of carbonyl (C=O) groups is 3. The Morgan fingerprint density at radius 2 is 1.58 bits per heavy atom. The molecule has 0 spiro atoms. The van der Waals surface area contributed by atoms with Gasteiger partial charge in [0.25, 0.3) is 5.91 Å². The smallest absolute Gasteiger partial charge is 0.272 e. The van der Waals surface area contributed by atoms with Gasteiger partial charge in [0.05, 0.1) is 17.9 Å². The highest BCUT2D eigenvalue weighted by Crippen LogP contribution is 2.31. The standard InChI is InChI=1S/C36H42N4O3/c1-24(37-31(41)22-25-12-8-9-13-25)34(42)39-33-35(43)40(23-26-18-20-28(21-19-26)36(2,3)4)30-17-11-10-16-29(30)32(38-33)27-14-6-5-7-15-27/h5-7,10-11,14-21,24-25,33H,8-9,12-13,22-23H2,1-4H3,(H,37,41)(H,39,42)/t24-,33?/m0/s1. The maximum atomic E-state index is 14.2. The summed E-state index contributed by atoms with van der Waals surface area (Å²) in [6.07, 6.45) is 3.66. The number of hydrogen-bond acceptors (Lipinski definition) is 4. The summed E-state index contributed by atoms with van der Waals surface area (Å²) in [6.45, 7) is 8.48. The Kier molecular flexibility index (Phi) is 9.09. The van der Waals surface area contributed by atoms with Crippen LogP contribution in [0.4, 0.5) is 5.69 Å². The zero-order valence-electron chi connectivity index (χ0n) is 25.6. The summed E-state index contributed by atoms with van der Waals surface area (Å²) < 4.78 is 0. The maximum Gasteiger partial charge on any atom is 0.272 e. The topological polar surface area (TPSA) is 90.9 Å². The molecule has 224 valence electrons. The van der Waals surface area contributed by atoms with Crippen molar-refractivity contribution in [2.45, 2.75) is 84.0 Å². The molecule has 2 N–H and O–H groups in total. The lowest BCUT2D eigenvalue weighted by molar-refractivity contribution is -0.131. The summed E-state index contributed by atoms with van der Waals surface area (Å²) in [5.74, 6) is -0.546. The van der Waals surface area contributed by atoms with Crippen molar-refractivity contribution >= 4 is 29.1 Å². The predicted molar refractivity (Wildman–Crippen MR) is 171 cm³/mol. The molecule has 1 saturated carbocycles. The van der Waals surface area contributed by atoms with Crippen LogP contribution in [0.3, 0.4) is 0 Å². The number of carbonyl (C=O) groups excluding carboxylic acids is 3. The highest BCUT2D eigenvalue weighted by molar-refractivity contribution is 6.20. The second kappa shape index (κ2) is 12.9. The Balaban J connectivity index is 1.44. The molecule has 1 aliphatic carbocycles. The van der Waals surface area contributed by atoms with Gasteiger partial charge in [0.2, 0.25) is 18.0 Å². The molecule has 43 heavy (non-hydrogen) atoms. The highest BCUT2D eigenvalue weighted by atomic mass is 16.2. The van der Waals surface area contributed by atoms with Gasteiger partial charge >= 0.3 is 0 Å². The Morgan fingerprint density at radius 1 is 0.930 bits per heavy atom. The van der Waals surface area contributed by atoms with E-state index in [1.807, 2.05) is 54.6 Å². The van der Waals surface area contributed by atoms with Gasteiger partial charge in [-0.05, 0) is 48.3 Å². The lowest BCUT2D eigenvalue weighted by Crippen LogP contribution is -2.52. The van der Waals surface area contributed by atoms with Crippen LogP contribution in [0, 0.1) is 5.92 Å². The van der Waals surface area contributed by atoms with E-state index < -0.39 is 18.1 Å². The normalized spacial score (nSPS) is 18.0. The molecule has 7 nitrogen and oxygen atoms in total. The molecule has 1 unspecified atom stereocenters. The molecule has 3 amide bonds. The molecule has 3 aromatic carbocycles. The number of rotatable bonds is 8. The van der Waals surface area contributed by atoms with Crippen LogP contribution in [0.15, 0.2) is 83.9 Å². The minimum atomic E-state index is -1.17. The summed E-state index contributed by atoms with van der Waals surface area (Å²) in [4.78, 5) is 46.9. The average Bonchev–Trinajstić information content (AvgIpc) is 3.47. The van der Waals surface area contributed by atoms with Crippen LogP contribution in [-0.2, 0) is 26.3 Å². The van der Waals surface area contributed by atoms with E-state index in [-0.39, 0.29) is 17.2 Å². The SMILES string of the molecule is C[C@H](NC(=O)CC1CCCC1)C(=O)NC1N=C(c2ccccc2)c2ccccc2N(Cc2ccc(C(C)(C)C)cc2)C1=O. The number of aliphatic imine (C=N–C) groups is 1. The lowest BCUT2D eigenvalue weighted by Gasteiger charge is -2.27. The van der Waals surface area contributed by atoms with E-state index in [4.69, 9.17) is 4.99 Å². The number of benzene rings is 3. The van der Waals surface area contributed by atoms with Gasteiger partial charge in [0, 0.05) is 17.5 Å². The Bertz CT molecular complexity index is 1480. The molecular weight excluding hydrogens is 536 g/mol. The van der Waals surface area contributed by atoms with E-state index >= 15 is 0 Å². The third kappa shape index (κ3) is 7.22. The zero-order valence-corrected chi connectivity index (χ0v) is 25.6. The van der Waals surface area contributed by atoms with Gasteiger partial charge in [-0.3, -0.25) is 14.4 Å². The number of hydrogen-bond donors (Lipinski definition) is 2. The molecular formula is C36H42N4O3. The van der Waals surface area contributed by atoms with Crippen LogP contribution in [-0.4, -0.2) is 35.6 Å². The number of para-hydroxylation sites is 1. The lowest BCUT2D eigenvalue weighted by atomic mass is 9.86. The highest BCUT2D eigenvalue weighted by Gasteiger charge is 2.34. The van der Waals surface area contributed by atoms with E-state index in [0.717, 1.165) is 48.1 Å². The minimum absolute atomic E-state index is 0.0145. The van der Waals surface area contributed by atoms with Gasteiger partial charge in [-0.25, -0.2) is 4.99 Å². The van der Waals surface area contributed by atoms with E-state index in [2.05, 4.69) is 55.7 Å². The molecule has 3 aromatic rings. The first-order valence-corrected chi connectivity index (χ1v) is 15.3. The van der Waals surface area contributed by atoms with Crippen molar-refractivity contribution in [2.24, 2.45) is 10.9 Å². The van der Waals surface area contributed by atoms with Gasteiger partial charge in [-0.15, -0.1) is 0 Å². The number of amides is 3. The van der Waals surface area contributed by atoms with Crippen molar-refractivity contribution in [1.82, 2.24) is 10.6 Å². The molecule has 0 bridgehead atoms. The summed E-state index contributed by atoms with van der Waals surface area (Å²) in [7, 11) is 0. The van der Waals surface area contributed by atoms with Crippen molar-refractivity contribution in [3.63, 3.8) is 0 Å². The molecule has 0 radical (unpaired) electrons. The second-order valence-corrected chi connectivity index (χ2v) is 12.8. The maximum absolute atomic E-state index is 14.2. The first-order chi connectivity index (χ1) is 20.6.